The minimum atomic E-state index is -0.498. The normalized spacial score (nSPS) is 9.47. The van der Waals surface area contributed by atoms with E-state index in [-0.39, 0.29) is 0 Å². The maximum Gasteiger partial charge on any atom is 0.347 e. The van der Waals surface area contributed by atoms with E-state index in [1.807, 2.05) is 6.07 Å². The van der Waals surface area contributed by atoms with Crippen molar-refractivity contribution >= 4 is 5.97 Å². The first kappa shape index (κ1) is 12.7. The molecule has 0 radical (unpaired) electrons. The van der Waals surface area contributed by atoms with Crippen molar-refractivity contribution in [3.8, 4) is 17.6 Å². The van der Waals surface area contributed by atoms with Crippen LogP contribution in [0, 0.1) is 11.3 Å². The molecule has 0 unspecified atom stereocenters. The lowest BCUT2D eigenvalue weighted by molar-refractivity contribution is 0.0731. The topological polar surface area (TPSA) is 59.3 Å². The van der Waals surface area contributed by atoms with Gasteiger partial charge in [0.25, 0.3) is 0 Å². The Kier molecular flexibility index (Phi) is 3.79. The maximum atomic E-state index is 12.0. The molecule has 0 saturated heterocycles. The molecule has 0 spiro atoms. The Hall–Kier alpha value is -2.80. The van der Waals surface area contributed by atoms with Crippen molar-refractivity contribution in [2.45, 2.75) is 0 Å². The van der Waals surface area contributed by atoms with Gasteiger partial charge in [0.1, 0.15) is 17.1 Å². The summed E-state index contributed by atoms with van der Waals surface area (Å²) < 4.78 is 10.3. The summed E-state index contributed by atoms with van der Waals surface area (Å²) in [7, 11) is 1.49. The lowest BCUT2D eigenvalue weighted by Crippen LogP contribution is -2.09. The first-order chi connectivity index (χ1) is 9.24. The van der Waals surface area contributed by atoms with E-state index < -0.39 is 5.97 Å². The summed E-state index contributed by atoms with van der Waals surface area (Å²) in [6.07, 6.45) is 0. The summed E-state index contributed by atoms with van der Waals surface area (Å²) in [5.41, 5.74) is 0.867. The molecule has 0 heterocycles. The van der Waals surface area contributed by atoms with Crippen LogP contribution in [-0.2, 0) is 0 Å². The molecule has 2 rings (SSSR count). The summed E-state index contributed by atoms with van der Waals surface area (Å²) in [6.45, 7) is 0. The molecule has 4 heteroatoms. The highest BCUT2D eigenvalue weighted by molar-refractivity contribution is 5.93. The van der Waals surface area contributed by atoms with Gasteiger partial charge in [-0.2, -0.15) is 5.26 Å². The van der Waals surface area contributed by atoms with Gasteiger partial charge in [-0.15, -0.1) is 0 Å². The molecule has 0 aliphatic rings. The minimum Gasteiger partial charge on any atom is -0.496 e. The van der Waals surface area contributed by atoms with Crippen molar-refractivity contribution in [2.75, 3.05) is 7.11 Å². The van der Waals surface area contributed by atoms with Crippen LogP contribution in [0.2, 0.25) is 0 Å². The number of benzene rings is 2. The number of methoxy groups -OCH3 is 1. The van der Waals surface area contributed by atoms with E-state index in [0.29, 0.717) is 22.6 Å². The third-order valence-corrected chi connectivity index (χ3v) is 2.52. The number of rotatable bonds is 3. The molecule has 0 fully saturated rings. The molecule has 0 aliphatic carbocycles. The van der Waals surface area contributed by atoms with Crippen molar-refractivity contribution in [3.05, 3.63) is 59.7 Å². The molecule has 0 aliphatic heterocycles. The van der Waals surface area contributed by atoms with Crippen LogP contribution >= 0.6 is 0 Å². The smallest absolute Gasteiger partial charge is 0.347 e. The van der Waals surface area contributed by atoms with E-state index in [0.717, 1.165) is 0 Å². The van der Waals surface area contributed by atoms with Gasteiger partial charge < -0.3 is 9.47 Å². The average molecular weight is 253 g/mol. The van der Waals surface area contributed by atoms with Crippen LogP contribution in [0.5, 0.6) is 11.5 Å². The van der Waals surface area contributed by atoms with E-state index in [1.165, 1.54) is 7.11 Å². The monoisotopic (exact) mass is 253 g/mol. The fourth-order valence-corrected chi connectivity index (χ4v) is 1.57. The first-order valence-corrected chi connectivity index (χ1v) is 5.60. The van der Waals surface area contributed by atoms with Crippen molar-refractivity contribution in [2.24, 2.45) is 0 Å². The van der Waals surface area contributed by atoms with E-state index in [1.54, 1.807) is 48.5 Å². The van der Waals surface area contributed by atoms with Gasteiger partial charge in [-0.3, -0.25) is 0 Å². The maximum absolute atomic E-state index is 12.0. The molecule has 2 aromatic carbocycles. The number of hydrogen-bond acceptors (Lipinski definition) is 4. The Morgan fingerprint density at radius 3 is 2.42 bits per heavy atom. The van der Waals surface area contributed by atoms with Crippen LogP contribution in [0.4, 0.5) is 0 Å². The predicted molar refractivity (Wildman–Crippen MR) is 69.1 cm³/mol. The summed E-state index contributed by atoms with van der Waals surface area (Å²) >= 11 is 0. The van der Waals surface area contributed by atoms with E-state index in [4.69, 9.17) is 14.7 Å². The largest absolute Gasteiger partial charge is 0.496 e. The summed E-state index contributed by atoms with van der Waals surface area (Å²) in [5, 5.41) is 8.68. The zero-order valence-electron chi connectivity index (χ0n) is 10.3. The van der Waals surface area contributed by atoms with Crippen molar-refractivity contribution < 1.29 is 14.3 Å². The number of nitrogens with zero attached hydrogens (tertiary/aromatic N) is 1. The van der Waals surface area contributed by atoms with Gasteiger partial charge in [0.2, 0.25) is 0 Å². The highest BCUT2D eigenvalue weighted by Crippen LogP contribution is 2.20. The molecule has 0 atom stereocenters. The van der Waals surface area contributed by atoms with Crippen molar-refractivity contribution in [3.63, 3.8) is 0 Å². The van der Waals surface area contributed by atoms with E-state index in [2.05, 4.69) is 0 Å². The molecule has 0 N–H and O–H groups in total. The zero-order valence-corrected chi connectivity index (χ0v) is 10.3. The molecule has 0 aromatic heterocycles. The molecule has 4 nitrogen and oxygen atoms in total. The number of esters is 1. The fraction of sp³-hybridized carbons (Fsp3) is 0.0667. The van der Waals surface area contributed by atoms with Crippen molar-refractivity contribution in [1.29, 1.82) is 5.26 Å². The Bertz CT molecular complexity index is 627. The highest BCUT2D eigenvalue weighted by atomic mass is 16.5. The first-order valence-electron chi connectivity index (χ1n) is 5.60. The molecule has 0 amide bonds. The summed E-state index contributed by atoms with van der Waals surface area (Å²) in [6, 6.07) is 15.2. The highest BCUT2D eigenvalue weighted by Gasteiger charge is 2.13. The lowest BCUT2D eigenvalue weighted by atomic mass is 10.2. The zero-order chi connectivity index (χ0) is 13.7. The number of carbonyl (C=O) groups excluding carboxylic acids is 1. The van der Waals surface area contributed by atoms with Gasteiger partial charge in [0, 0.05) is 0 Å². The molecular weight excluding hydrogens is 242 g/mol. The Balaban J connectivity index is 2.18. The predicted octanol–water partition coefficient (Wildman–Crippen LogP) is 2.79. The molecule has 19 heavy (non-hydrogen) atoms. The van der Waals surface area contributed by atoms with E-state index in [9.17, 15) is 4.79 Å². The van der Waals surface area contributed by atoms with Crippen LogP contribution < -0.4 is 9.47 Å². The van der Waals surface area contributed by atoms with E-state index >= 15 is 0 Å². The molecule has 0 bridgehead atoms. The van der Waals surface area contributed by atoms with Gasteiger partial charge in [0.05, 0.1) is 18.7 Å². The third kappa shape index (κ3) is 2.90. The number of hydrogen-bond donors (Lipinski definition) is 0. The average Bonchev–Trinajstić information content (AvgIpc) is 2.48. The number of ether oxygens (including phenoxy) is 2. The number of para-hydroxylation sites is 1. The third-order valence-electron chi connectivity index (χ3n) is 2.52. The summed E-state index contributed by atoms with van der Waals surface area (Å²) in [4.78, 5) is 12.0. The van der Waals surface area contributed by atoms with Crippen LogP contribution in [0.1, 0.15) is 15.9 Å². The molecular formula is C15H11NO3. The van der Waals surface area contributed by atoms with Gasteiger partial charge in [-0.05, 0) is 36.4 Å². The molecule has 0 saturated carbocycles. The SMILES string of the molecule is COc1ccccc1C(=O)Oc1ccc(C#N)cc1. The second-order valence-corrected chi connectivity index (χ2v) is 3.73. The quantitative estimate of drug-likeness (QED) is 0.623. The van der Waals surface area contributed by atoms with Crippen LogP contribution in [0.25, 0.3) is 0 Å². The van der Waals surface area contributed by atoms with Crippen molar-refractivity contribution in [1.82, 2.24) is 0 Å². The Morgan fingerprint density at radius 2 is 1.79 bits per heavy atom. The van der Waals surface area contributed by atoms with Gasteiger partial charge in [-0.25, -0.2) is 4.79 Å². The Labute approximate surface area is 110 Å². The second-order valence-electron chi connectivity index (χ2n) is 3.73. The second kappa shape index (κ2) is 5.69. The standard InChI is InChI=1S/C15H11NO3/c1-18-14-5-3-2-4-13(14)15(17)19-12-8-6-11(10-16)7-9-12/h2-9H,1H3. The number of carbonyl (C=O) groups is 1. The summed E-state index contributed by atoms with van der Waals surface area (Å²) in [5.74, 6) is 0.346. The van der Waals surface area contributed by atoms with Crippen LogP contribution in [0.3, 0.4) is 0 Å². The molecule has 2 aromatic rings. The van der Waals surface area contributed by atoms with Gasteiger partial charge in [-0.1, -0.05) is 12.1 Å². The van der Waals surface area contributed by atoms with Gasteiger partial charge in [0.15, 0.2) is 0 Å². The van der Waals surface area contributed by atoms with Crippen LogP contribution in [0.15, 0.2) is 48.5 Å². The minimum absolute atomic E-state index is 0.356. The van der Waals surface area contributed by atoms with Crippen LogP contribution in [-0.4, -0.2) is 13.1 Å². The Morgan fingerprint density at radius 1 is 1.11 bits per heavy atom. The molecule has 94 valence electrons. The van der Waals surface area contributed by atoms with Gasteiger partial charge >= 0.3 is 5.97 Å². The number of nitriles is 1. The lowest BCUT2D eigenvalue weighted by Gasteiger charge is -2.08. The fourth-order valence-electron chi connectivity index (χ4n) is 1.57.